The van der Waals surface area contributed by atoms with Crippen molar-refractivity contribution in [3.63, 3.8) is 0 Å². The van der Waals surface area contributed by atoms with E-state index in [-0.39, 0.29) is 5.82 Å². The molecule has 86 valence electrons. The van der Waals surface area contributed by atoms with Crippen molar-refractivity contribution < 1.29 is 9.50 Å². The SMILES string of the molecule is CCC(C)(C#N)C(O)c1ccc(F)cc1Br. The van der Waals surface area contributed by atoms with Gasteiger partial charge in [-0.3, -0.25) is 0 Å². The lowest BCUT2D eigenvalue weighted by Crippen LogP contribution is -2.23. The summed E-state index contributed by atoms with van der Waals surface area (Å²) in [7, 11) is 0. The highest BCUT2D eigenvalue weighted by Gasteiger charge is 2.33. The Hall–Kier alpha value is -0.920. The topological polar surface area (TPSA) is 44.0 Å². The molecule has 0 aliphatic rings. The number of hydrogen-bond acceptors (Lipinski definition) is 2. The molecule has 2 nitrogen and oxygen atoms in total. The van der Waals surface area contributed by atoms with Gasteiger partial charge in [0.15, 0.2) is 0 Å². The van der Waals surface area contributed by atoms with E-state index in [1.54, 1.807) is 6.92 Å². The summed E-state index contributed by atoms with van der Waals surface area (Å²) in [6, 6.07) is 6.16. The molecule has 16 heavy (non-hydrogen) atoms. The Morgan fingerprint density at radius 1 is 1.62 bits per heavy atom. The van der Waals surface area contributed by atoms with Crippen LogP contribution in [0.15, 0.2) is 22.7 Å². The van der Waals surface area contributed by atoms with Gasteiger partial charge in [-0.2, -0.15) is 5.26 Å². The van der Waals surface area contributed by atoms with Crippen molar-refractivity contribution in [2.75, 3.05) is 0 Å². The van der Waals surface area contributed by atoms with Crippen LogP contribution in [-0.4, -0.2) is 5.11 Å². The maximum Gasteiger partial charge on any atom is 0.124 e. The van der Waals surface area contributed by atoms with Crippen LogP contribution in [0, 0.1) is 22.6 Å². The van der Waals surface area contributed by atoms with Gasteiger partial charge in [-0.15, -0.1) is 0 Å². The highest BCUT2D eigenvalue weighted by atomic mass is 79.9. The lowest BCUT2D eigenvalue weighted by Gasteiger charge is -2.27. The third-order valence-electron chi connectivity index (χ3n) is 2.85. The van der Waals surface area contributed by atoms with Gasteiger partial charge in [0.2, 0.25) is 0 Å². The Labute approximate surface area is 103 Å². The normalized spacial score (nSPS) is 16.2. The zero-order chi connectivity index (χ0) is 12.3. The maximum absolute atomic E-state index is 12.9. The third-order valence-corrected chi connectivity index (χ3v) is 3.54. The summed E-state index contributed by atoms with van der Waals surface area (Å²) in [6.45, 7) is 3.53. The summed E-state index contributed by atoms with van der Waals surface area (Å²) in [6.07, 6.45) is -0.411. The van der Waals surface area contributed by atoms with Crippen molar-refractivity contribution in [1.82, 2.24) is 0 Å². The van der Waals surface area contributed by atoms with Crippen molar-refractivity contribution >= 4 is 15.9 Å². The molecule has 0 aromatic heterocycles. The van der Waals surface area contributed by atoms with Gasteiger partial charge in [0, 0.05) is 4.47 Å². The lowest BCUT2D eigenvalue weighted by molar-refractivity contribution is 0.0715. The molecule has 0 radical (unpaired) electrons. The van der Waals surface area contributed by atoms with Gasteiger partial charge < -0.3 is 5.11 Å². The second-order valence-corrected chi connectivity index (χ2v) is 4.81. The van der Waals surface area contributed by atoms with Crippen molar-refractivity contribution in [3.05, 3.63) is 34.1 Å². The number of aliphatic hydroxyl groups excluding tert-OH is 1. The van der Waals surface area contributed by atoms with Gasteiger partial charge in [0.25, 0.3) is 0 Å². The predicted molar refractivity (Wildman–Crippen MR) is 63.1 cm³/mol. The molecule has 1 aromatic carbocycles. The molecule has 1 aromatic rings. The van der Waals surface area contributed by atoms with Gasteiger partial charge in [0.1, 0.15) is 5.82 Å². The largest absolute Gasteiger partial charge is 0.387 e. The van der Waals surface area contributed by atoms with Gasteiger partial charge in [-0.25, -0.2) is 4.39 Å². The molecule has 0 spiro atoms. The Morgan fingerprint density at radius 2 is 2.25 bits per heavy atom. The summed E-state index contributed by atoms with van der Waals surface area (Å²) in [5.74, 6) is -0.377. The summed E-state index contributed by atoms with van der Waals surface area (Å²) in [5.41, 5.74) is -0.326. The molecule has 1 rings (SSSR count). The number of hydrogen-bond donors (Lipinski definition) is 1. The Bertz CT molecular complexity index is 430. The van der Waals surface area contributed by atoms with Crippen molar-refractivity contribution in [2.24, 2.45) is 5.41 Å². The average Bonchev–Trinajstić information content (AvgIpc) is 2.27. The average molecular weight is 286 g/mol. The minimum Gasteiger partial charge on any atom is -0.387 e. The first-order valence-corrected chi connectivity index (χ1v) is 5.78. The molecule has 4 heteroatoms. The summed E-state index contributed by atoms with van der Waals surface area (Å²) < 4.78 is 13.4. The zero-order valence-electron chi connectivity index (χ0n) is 9.17. The number of aliphatic hydroxyl groups is 1. The maximum atomic E-state index is 12.9. The van der Waals surface area contributed by atoms with E-state index in [0.29, 0.717) is 16.5 Å². The second-order valence-electron chi connectivity index (χ2n) is 3.95. The number of benzene rings is 1. The van der Waals surface area contributed by atoms with Crippen LogP contribution in [0.1, 0.15) is 31.9 Å². The molecule has 0 bridgehead atoms. The Morgan fingerprint density at radius 3 is 2.69 bits per heavy atom. The summed E-state index contributed by atoms with van der Waals surface area (Å²) >= 11 is 3.19. The second kappa shape index (κ2) is 4.94. The summed E-state index contributed by atoms with van der Waals surface area (Å²) in [4.78, 5) is 0. The van der Waals surface area contributed by atoms with Crippen LogP contribution < -0.4 is 0 Å². The van der Waals surface area contributed by atoms with E-state index in [4.69, 9.17) is 5.26 Å². The molecule has 0 saturated carbocycles. The number of nitrogens with zero attached hydrogens (tertiary/aromatic N) is 1. The van der Waals surface area contributed by atoms with Gasteiger partial charge in [-0.1, -0.05) is 28.9 Å². The van der Waals surface area contributed by atoms with Gasteiger partial charge in [0.05, 0.1) is 17.6 Å². The molecule has 0 amide bonds. The van der Waals surface area contributed by atoms with Crippen LogP contribution in [0.2, 0.25) is 0 Å². The van der Waals surface area contributed by atoms with E-state index >= 15 is 0 Å². The molecule has 1 N–H and O–H groups in total. The molecule has 0 heterocycles. The van der Waals surface area contributed by atoms with Crippen LogP contribution in [0.4, 0.5) is 4.39 Å². The smallest absolute Gasteiger partial charge is 0.124 e. The number of rotatable bonds is 3. The van der Waals surface area contributed by atoms with Gasteiger partial charge >= 0.3 is 0 Å². The van der Waals surface area contributed by atoms with Crippen molar-refractivity contribution in [2.45, 2.75) is 26.4 Å². The van der Waals surface area contributed by atoms with Crippen LogP contribution in [0.3, 0.4) is 0 Å². The van der Waals surface area contributed by atoms with E-state index in [0.717, 1.165) is 0 Å². The third kappa shape index (κ3) is 2.42. The van der Waals surface area contributed by atoms with E-state index in [9.17, 15) is 9.50 Å². The quantitative estimate of drug-likeness (QED) is 0.923. The highest BCUT2D eigenvalue weighted by molar-refractivity contribution is 9.10. The first kappa shape index (κ1) is 13.1. The molecular formula is C12H13BrFNO. The fourth-order valence-electron chi connectivity index (χ4n) is 1.40. The highest BCUT2D eigenvalue weighted by Crippen LogP contribution is 2.39. The molecule has 0 aliphatic heterocycles. The van der Waals surface area contributed by atoms with Crippen LogP contribution in [0.25, 0.3) is 0 Å². The fraction of sp³-hybridized carbons (Fsp3) is 0.417. The Kier molecular flexibility index (Phi) is 4.06. The standard InChI is InChI=1S/C12H13BrFNO/c1-3-12(2,7-15)11(16)9-5-4-8(14)6-10(9)13/h4-6,11,16H,3H2,1-2H3. The van der Waals surface area contributed by atoms with Crippen LogP contribution in [0.5, 0.6) is 0 Å². The minimum absolute atomic E-state index is 0.377. The first-order chi connectivity index (χ1) is 7.44. The van der Waals surface area contributed by atoms with E-state index < -0.39 is 11.5 Å². The molecule has 0 fully saturated rings. The van der Waals surface area contributed by atoms with Crippen molar-refractivity contribution in [1.29, 1.82) is 5.26 Å². The van der Waals surface area contributed by atoms with E-state index in [2.05, 4.69) is 22.0 Å². The van der Waals surface area contributed by atoms with Crippen LogP contribution in [-0.2, 0) is 0 Å². The summed E-state index contributed by atoms with van der Waals surface area (Å²) in [5, 5.41) is 19.2. The van der Waals surface area contributed by atoms with E-state index in [1.807, 2.05) is 6.92 Å². The zero-order valence-corrected chi connectivity index (χ0v) is 10.8. The van der Waals surface area contributed by atoms with Gasteiger partial charge in [-0.05, 0) is 31.0 Å². The van der Waals surface area contributed by atoms with Crippen molar-refractivity contribution in [3.8, 4) is 6.07 Å². The molecule has 0 aliphatic carbocycles. The first-order valence-electron chi connectivity index (χ1n) is 4.99. The van der Waals surface area contributed by atoms with E-state index in [1.165, 1.54) is 18.2 Å². The molecular weight excluding hydrogens is 273 g/mol. The Balaban J connectivity index is 3.15. The number of nitriles is 1. The minimum atomic E-state index is -0.933. The molecule has 2 unspecified atom stereocenters. The fourth-order valence-corrected chi connectivity index (χ4v) is 1.97. The number of halogens is 2. The lowest BCUT2D eigenvalue weighted by atomic mass is 9.80. The van der Waals surface area contributed by atoms with Crippen LogP contribution >= 0.6 is 15.9 Å². The molecule has 0 saturated heterocycles. The monoisotopic (exact) mass is 285 g/mol. The molecule has 2 atom stereocenters. The predicted octanol–water partition coefficient (Wildman–Crippen LogP) is 3.56.